The van der Waals surface area contributed by atoms with E-state index in [0.717, 1.165) is 18.2 Å². The molecule has 3 aromatic carbocycles. The number of aldehydes is 1. The van der Waals surface area contributed by atoms with Crippen LogP contribution in [-0.2, 0) is 23.7 Å². The Balaban J connectivity index is 1.31. The summed E-state index contributed by atoms with van der Waals surface area (Å²) >= 11 is 0. The molecule has 0 heterocycles. The maximum absolute atomic E-state index is 13.3. The number of ether oxygens (including phenoxy) is 5. The highest BCUT2D eigenvalue weighted by molar-refractivity contribution is 6.13. The van der Waals surface area contributed by atoms with E-state index < -0.39 is 54.9 Å². The van der Waals surface area contributed by atoms with E-state index in [0.29, 0.717) is 23.5 Å². The maximum atomic E-state index is 13.3. The summed E-state index contributed by atoms with van der Waals surface area (Å²) in [6.45, 7) is 0.179. The average molecular weight is 716 g/mol. The first-order chi connectivity index (χ1) is 25.0. The number of carbonyl (C=O) groups excluding carboxylic acids is 3. The van der Waals surface area contributed by atoms with Crippen LogP contribution in [0.1, 0.15) is 42.2 Å². The molecule has 1 aliphatic rings. The highest BCUT2D eigenvalue weighted by Gasteiger charge is 2.40. The van der Waals surface area contributed by atoms with Crippen molar-refractivity contribution in [3.05, 3.63) is 112 Å². The van der Waals surface area contributed by atoms with Gasteiger partial charge in [0, 0.05) is 46.0 Å². The Morgan fingerprint density at radius 2 is 1.13 bits per heavy atom. The lowest BCUT2D eigenvalue weighted by Crippen LogP contribution is -2.16. The minimum atomic E-state index is -1.16. The average Bonchev–Trinajstić information content (AvgIpc) is 3.46. The smallest absolute Gasteiger partial charge is 0.339 e. The molecule has 266 valence electrons. The zero-order chi connectivity index (χ0) is 37.8. The van der Waals surface area contributed by atoms with Gasteiger partial charge < -0.3 is 23.7 Å². The van der Waals surface area contributed by atoms with Gasteiger partial charge in [0.1, 0.15) is 37.2 Å². The molecular formula is C33H25N5O14. The molecule has 0 aromatic heterocycles. The van der Waals surface area contributed by atoms with Gasteiger partial charge in [0.25, 0.3) is 17.1 Å². The maximum Gasteiger partial charge on any atom is 0.339 e. The molecule has 0 fully saturated rings. The molecule has 0 N–H and O–H groups in total. The molecule has 0 amide bonds. The van der Waals surface area contributed by atoms with Gasteiger partial charge in [-0.15, -0.1) is 0 Å². The number of rotatable bonds is 18. The van der Waals surface area contributed by atoms with E-state index in [1.54, 1.807) is 12.1 Å². The summed E-state index contributed by atoms with van der Waals surface area (Å²) in [5, 5.41) is 54.7. The predicted octanol–water partition coefficient (Wildman–Crippen LogP) is 4.12. The topological polar surface area (TPSA) is 274 Å². The number of nitro groups is 3. The lowest BCUT2D eigenvalue weighted by atomic mass is 9.96. The number of non-ortho nitro benzene ring substituents is 2. The third-order valence-corrected chi connectivity index (χ3v) is 7.27. The fraction of sp³-hybridized carbons (Fsp3) is 0.242. The molecule has 0 bridgehead atoms. The highest BCUT2D eigenvalue weighted by atomic mass is 16.6. The Kier molecular flexibility index (Phi) is 12.9. The minimum Gasteiger partial charge on any atom is -0.460 e. The van der Waals surface area contributed by atoms with Crippen LogP contribution in [0.4, 0.5) is 17.1 Å². The molecular weight excluding hydrogens is 690 g/mol. The Hall–Kier alpha value is -6.93. The van der Waals surface area contributed by atoms with Crippen LogP contribution in [0.15, 0.2) is 54.1 Å². The van der Waals surface area contributed by atoms with Crippen molar-refractivity contribution in [2.45, 2.75) is 0 Å². The summed E-state index contributed by atoms with van der Waals surface area (Å²) < 4.78 is 26.4. The Morgan fingerprint density at radius 3 is 1.62 bits per heavy atom. The standard InChI is InChI=1S/C33H25N5O14/c34-17-22(18-35)29-25-13-23(36(42)43)15-27(30(25)31-26(29)14-24(37(44)45)16-28(31)38(46)47)33(41)52-12-10-50-8-6-48-5-7-49-9-11-51-32(40)21-3-1-20(19-39)2-4-21/h1-4,13-16,19H,5-12H2. The number of esters is 2. The number of fused-ring (bicyclic) bond motifs is 3. The van der Waals surface area contributed by atoms with Crippen molar-refractivity contribution in [1.29, 1.82) is 10.5 Å². The molecule has 0 unspecified atom stereocenters. The molecule has 52 heavy (non-hydrogen) atoms. The first-order valence-electron chi connectivity index (χ1n) is 15.0. The molecule has 0 saturated heterocycles. The second kappa shape index (κ2) is 17.6. The lowest BCUT2D eigenvalue weighted by molar-refractivity contribution is -0.393. The van der Waals surface area contributed by atoms with Crippen LogP contribution >= 0.6 is 0 Å². The summed E-state index contributed by atoms with van der Waals surface area (Å²) in [7, 11) is 0. The molecule has 19 nitrogen and oxygen atoms in total. The van der Waals surface area contributed by atoms with Crippen LogP contribution < -0.4 is 0 Å². The van der Waals surface area contributed by atoms with Crippen LogP contribution in [0.25, 0.3) is 16.7 Å². The van der Waals surface area contributed by atoms with Crippen molar-refractivity contribution in [2.24, 2.45) is 0 Å². The van der Waals surface area contributed by atoms with Gasteiger partial charge in [0.15, 0.2) is 0 Å². The van der Waals surface area contributed by atoms with E-state index in [4.69, 9.17) is 23.7 Å². The zero-order valence-corrected chi connectivity index (χ0v) is 26.8. The number of hydrogen-bond acceptors (Lipinski definition) is 16. The van der Waals surface area contributed by atoms with Crippen molar-refractivity contribution in [2.75, 3.05) is 52.9 Å². The van der Waals surface area contributed by atoms with Gasteiger partial charge in [-0.3, -0.25) is 35.1 Å². The van der Waals surface area contributed by atoms with Crippen molar-refractivity contribution < 1.29 is 52.8 Å². The van der Waals surface area contributed by atoms with E-state index >= 15 is 0 Å². The van der Waals surface area contributed by atoms with Gasteiger partial charge in [-0.05, 0) is 12.1 Å². The minimum absolute atomic E-state index is 0.000201. The van der Waals surface area contributed by atoms with E-state index in [2.05, 4.69) is 0 Å². The summed E-state index contributed by atoms with van der Waals surface area (Å²) in [6.07, 6.45) is 0.659. The molecule has 0 atom stereocenters. The van der Waals surface area contributed by atoms with E-state index in [1.807, 2.05) is 0 Å². The van der Waals surface area contributed by atoms with Gasteiger partial charge >= 0.3 is 11.9 Å². The van der Waals surface area contributed by atoms with Crippen molar-refractivity contribution in [1.82, 2.24) is 0 Å². The van der Waals surface area contributed by atoms with Crippen LogP contribution in [0.3, 0.4) is 0 Å². The van der Waals surface area contributed by atoms with Crippen molar-refractivity contribution in [3.63, 3.8) is 0 Å². The second-order valence-corrected chi connectivity index (χ2v) is 10.4. The number of allylic oxidation sites excluding steroid dienone is 1. The second-order valence-electron chi connectivity index (χ2n) is 10.4. The Bertz CT molecular complexity index is 2030. The normalized spacial score (nSPS) is 11.0. The summed E-state index contributed by atoms with van der Waals surface area (Å²) in [5.41, 5.74) is -4.26. The summed E-state index contributed by atoms with van der Waals surface area (Å²) in [6, 6.07) is 12.4. The third kappa shape index (κ3) is 8.80. The van der Waals surface area contributed by atoms with Crippen LogP contribution in [0.2, 0.25) is 0 Å². The van der Waals surface area contributed by atoms with Gasteiger partial charge in [-0.2, -0.15) is 10.5 Å². The van der Waals surface area contributed by atoms with E-state index in [9.17, 15) is 55.3 Å². The van der Waals surface area contributed by atoms with Crippen LogP contribution in [0, 0.1) is 53.0 Å². The number of nitrogens with zero attached hydrogens (tertiary/aromatic N) is 5. The summed E-state index contributed by atoms with van der Waals surface area (Å²) in [4.78, 5) is 68.6. The molecule has 1 aliphatic carbocycles. The largest absolute Gasteiger partial charge is 0.460 e. The number of benzene rings is 3. The molecule has 0 radical (unpaired) electrons. The SMILES string of the molecule is N#CC(C#N)=C1c2cc([N+](=O)[O-])cc(C(=O)OCCOCCOCCOCCOC(=O)c3ccc(C=O)cc3)c2-c2c1cc([N+](=O)[O-])cc2[N+](=O)[O-]. The highest BCUT2D eigenvalue weighted by Crippen LogP contribution is 2.53. The number of hydrogen-bond donors (Lipinski definition) is 0. The van der Waals surface area contributed by atoms with Crippen LogP contribution in [-0.4, -0.2) is 85.8 Å². The van der Waals surface area contributed by atoms with E-state index in [1.165, 1.54) is 24.3 Å². The van der Waals surface area contributed by atoms with Gasteiger partial charge in [-0.25, -0.2) is 9.59 Å². The molecule has 4 rings (SSSR count). The molecule has 0 spiro atoms. The number of nitro benzene ring substituents is 3. The monoisotopic (exact) mass is 715 g/mol. The van der Waals surface area contributed by atoms with E-state index in [-0.39, 0.29) is 80.7 Å². The molecule has 3 aromatic rings. The van der Waals surface area contributed by atoms with Gasteiger partial charge in [-0.1, -0.05) is 12.1 Å². The molecule has 19 heteroatoms. The van der Waals surface area contributed by atoms with Crippen molar-refractivity contribution in [3.8, 4) is 23.3 Å². The third-order valence-electron chi connectivity index (χ3n) is 7.27. The van der Waals surface area contributed by atoms with Gasteiger partial charge in [0.2, 0.25) is 0 Å². The zero-order valence-electron chi connectivity index (χ0n) is 26.8. The van der Waals surface area contributed by atoms with Gasteiger partial charge in [0.05, 0.1) is 77.2 Å². The molecule has 0 aliphatic heterocycles. The predicted molar refractivity (Wildman–Crippen MR) is 174 cm³/mol. The fourth-order valence-corrected chi connectivity index (χ4v) is 5.02. The first-order valence-corrected chi connectivity index (χ1v) is 15.0. The summed E-state index contributed by atoms with van der Waals surface area (Å²) in [5.74, 6) is -1.72. The first kappa shape index (κ1) is 37.9. The Labute approximate surface area is 292 Å². The van der Waals surface area contributed by atoms with Crippen molar-refractivity contribution >= 4 is 40.9 Å². The fourth-order valence-electron chi connectivity index (χ4n) is 5.02. The number of nitriles is 2. The Morgan fingerprint density at radius 1 is 0.654 bits per heavy atom. The molecule has 0 saturated carbocycles. The number of carbonyl (C=O) groups is 3. The quantitative estimate of drug-likeness (QED) is 0.0350. The lowest BCUT2D eigenvalue weighted by Gasteiger charge is -2.11. The van der Waals surface area contributed by atoms with Crippen LogP contribution in [0.5, 0.6) is 0 Å².